The van der Waals surface area contributed by atoms with Crippen LogP contribution in [0.2, 0.25) is 0 Å². The maximum atomic E-state index is 13.5. The summed E-state index contributed by atoms with van der Waals surface area (Å²) in [7, 11) is 0. The van der Waals surface area contributed by atoms with Crippen molar-refractivity contribution in [3.63, 3.8) is 0 Å². The molecular formula is C14H17F2NO2. The number of carbonyl (C=O) groups excluding carboxylic acids is 1. The fourth-order valence-corrected chi connectivity index (χ4v) is 2.40. The summed E-state index contributed by atoms with van der Waals surface area (Å²) in [6, 6.07) is 2.98. The first-order valence-corrected chi connectivity index (χ1v) is 6.36. The first kappa shape index (κ1) is 14.1. The lowest BCUT2D eigenvalue weighted by Crippen LogP contribution is -2.30. The SMILES string of the molecule is CC(O)C1CCN(CC(=O)c2ccc(F)cc2F)C1. The van der Waals surface area contributed by atoms with Gasteiger partial charge in [0, 0.05) is 12.6 Å². The number of carbonyl (C=O) groups is 1. The molecule has 1 aliphatic heterocycles. The number of aliphatic hydroxyl groups is 1. The Bertz CT molecular complexity index is 477. The van der Waals surface area contributed by atoms with Gasteiger partial charge in [0.15, 0.2) is 5.78 Å². The molecule has 2 unspecified atom stereocenters. The van der Waals surface area contributed by atoms with Crippen LogP contribution in [0.1, 0.15) is 23.7 Å². The van der Waals surface area contributed by atoms with Crippen LogP contribution in [0.25, 0.3) is 0 Å². The maximum absolute atomic E-state index is 13.5. The zero-order chi connectivity index (χ0) is 14.0. The first-order valence-electron chi connectivity index (χ1n) is 6.36. The Balaban J connectivity index is 1.98. The lowest BCUT2D eigenvalue weighted by atomic mass is 10.0. The molecule has 1 saturated heterocycles. The lowest BCUT2D eigenvalue weighted by molar-refractivity contribution is 0.0921. The molecule has 0 radical (unpaired) electrons. The summed E-state index contributed by atoms with van der Waals surface area (Å²) in [5, 5.41) is 9.48. The van der Waals surface area contributed by atoms with Gasteiger partial charge < -0.3 is 5.11 Å². The van der Waals surface area contributed by atoms with Gasteiger partial charge in [0.25, 0.3) is 0 Å². The van der Waals surface area contributed by atoms with Gasteiger partial charge in [0.2, 0.25) is 0 Å². The van der Waals surface area contributed by atoms with Crippen LogP contribution in [-0.2, 0) is 0 Å². The van der Waals surface area contributed by atoms with Crippen LogP contribution in [0.15, 0.2) is 18.2 Å². The molecule has 0 bridgehead atoms. The Labute approximate surface area is 110 Å². The van der Waals surface area contributed by atoms with E-state index in [2.05, 4.69) is 0 Å². The van der Waals surface area contributed by atoms with Crippen molar-refractivity contribution in [1.82, 2.24) is 4.90 Å². The minimum atomic E-state index is -0.823. The average Bonchev–Trinajstić information content (AvgIpc) is 2.77. The van der Waals surface area contributed by atoms with E-state index in [4.69, 9.17) is 0 Å². The highest BCUT2D eigenvalue weighted by Gasteiger charge is 2.27. The van der Waals surface area contributed by atoms with Crippen LogP contribution in [0.5, 0.6) is 0 Å². The van der Waals surface area contributed by atoms with Crippen molar-refractivity contribution in [2.75, 3.05) is 19.6 Å². The van der Waals surface area contributed by atoms with Crippen LogP contribution < -0.4 is 0 Å². The number of Topliss-reactive ketones (excluding diaryl/α,β-unsaturated/α-hetero) is 1. The summed E-state index contributed by atoms with van der Waals surface area (Å²) in [5.74, 6) is -1.71. The zero-order valence-electron chi connectivity index (χ0n) is 10.8. The Morgan fingerprint density at radius 3 is 2.84 bits per heavy atom. The van der Waals surface area contributed by atoms with Gasteiger partial charge in [-0.15, -0.1) is 0 Å². The van der Waals surface area contributed by atoms with Crippen LogP contribution in [0.3, 0.4) is 0 Å². The molecule has 1 N–H and O–H groups in total. The standard InChI is InChI=1S/C14H17F2NO2/c1-9(18)10-4-5-17(7-10)8-14(19)12-3-2-11(15)6-13(12)16/h2-3,6,9-10,18H,4-5,7-8H2,1H3. The van der Waals surface area contributed by atoms with Crippen LogP contribution in [-0.4, -0.2) is 41.5 Å². The molecule has 104 valence electrons. The van der Waals surface area contributed by atoms with Crippen molar-refractivity contribution >= 4 is 5.78 Å². The third kappa shape index (κ3) is 3.36. The topological polar surface area (TPSA) is 40.5 Å². The number of aliphatic hydroxyl groups excluding tert-OH is 1. The largest absolute Gasteiger partial charge is 0.393 e. The summed E-state index contributed by atoms with van der Waals surface area (Å²) >= 11 is 0. The van der Waals surface area contributed by atoms with E-state index in [0.717, 1.165) is 18.6 Å². The number of hydrogen-bond acceptors (Lipinski definition) is 3. The van der Waals surface area contributed by atoms with Gasteiger partial charge >= 0.3 is 0 Å². The number of rotatable bonds is 4. The van der Waals surface area contributed by atoms with Crippen molar-refractivity contribution < 1.29 is 18.7 Å². The van der Waals surface area contributed by atoms with Crippen molar-refractivity contribution in [3.05, 3.63) is 35.4 Å². The molecule has 0 saturated carbocycles. The van der Waals surface area contributed by atoms with E-state index >= 15 is 0 Å². The zero-order valence-corrected chi connectivity index (χ0v) is 10.8. The van der Waals surface area contributed by atoms with E-state index in [0.29, 0.717) is 13.1 Å². The highest BCUT2D eigenvalue weighted by Crippen LogP contribution is 2.20. The second-order valence-electron chi connectivity index (χ2n) is 5.07. The molecule has 1 aromatic rings. The molecule has 0 amide bonds. The Kier molecular flexibility index (Phi) is 4.27. The number of ketones is 1. The van der Waals surface area contributed by atoms with Crippen molar-refractivity contribution in [2.45, 2.75) is 19.4 Å². The predicted octanol–water partition coefficient (Wildman–Crippen LogP) is 1.85. The van der Waals surface area contributed by atoms with E-state index in [1.807, 2.05) is 4.90 Å². The fraction of sp³-hybridized carbons (Fsp3) is 0.500. The summed E-state index contributed by atoms with van der Waals surface area (Å²) in [6.45, 7) is 3.18. The summed E-state index contributed by atoms with van der Waals surface area (Å²) in [6.07, 6.45) is 0.430. The van der Waals surface area contributed by atoms with Gasteiger partial charge in [-0.3, -0.25) is 9.69 Å². The number of halogens is 2. The van der Waals surface area contributed by atoms with Crippen molar-refractivity contribution in [1.29, 1.82) is 0 Å². The molecular weight excluding hydrogens is 252 g/mol. The molecule has 19 heavy (non-hydrogen) atoms. The summed E-state index contributed by atoms with van der Waals surface area (Å²) in [4.78, 5) is 13.8. The number of nitrogens with zero attached hydrogens (tertiary/aromatic N) is 1. The molecule has 3 nitrogen and oxygen atoms in total. The minimum Gasteiger partial charge on any atom is -0.393 e. The first-order chi connectivity index (χ1) is 8.97. The molecule has 1 fully saturated rings. The molecule has 5 heteroatoms. The van der Waals surface area contributed by atoms with E-state index < -0.39 is 17.7 Å². The average molecular weight is 269 g/mol. The van der Waals surface area contributed by atoms with Gasteiger partial charge in [-0.2, -0.15) is 0 Å². The molecule has 1 aromatic carbocycles. The number of benzene rings is 1. The molecule has 0 aliphatic carbocycles. The molecule has 0 spiro atoms. The van der Waals surface area contributed by atoms with E-state index in [9.17, 15) is 18.7 Å². The third-order valence-corrected chi connectivity index (χ3v) is 3.59. The molecule has 2 rings (SSSR count). The van der Waals surface area contributed by atoms with E-state index in [1.165, 1.54) is 6.07 Å². The lowest BCUT2D eigenvalue weighted by Gasteiger charge is -2.16. The molecule has 0 aromatic heterocycles. The van der Waals surface area contributed by atoms with Gasteiger partial charge in [-0.05, 0) is 37.9 Å². The second kappa shape index (κ2) is 5.75. The molecule has 1 aliphatic rings. The van der Waals surface area contributed by atoms with Crippen molar-refractivity contribution in [3.8, 4) is 0 Å². The van der Waals surface area contributed by atoms with Gasteiger partial charge in [-0.25, -0.2) is 8.78 Å². The molecule has 1 heterocycles. The van der Waals surface area contributed by atoms with Gasteiger partial charge in [0.1, 0.15) is 11.6 Å². The predicted molar refractivity (Wildman–Crippen MR) is 66.9 cm³/mol. The highest BCUT2D eigenvalue weighted by molar-refractivity contribution is 5.97. The monoisotopic (exact) mass is 269 g/mol. The smallest absolute Gasteiger partial charge is 0.179 e. The fourth-order valence-electron chi connectivity index (χ4n) is 2.40. The number of likely N-dealkylation sites (tertiary alicyclic amines) is 1. The van der Waals surface area contributed by atoms with E-state index in [1.54, 1.807) is 6.92 Å². The summed E-state index contributed by atoms with van der Waals surface area (Å²) < 4.78 is 26.2. The van der Waals surface area contributed by atoms with Gasteiger partial charge in [-0.1, -0.05) is 0 Å². The number of hydrogen-bond donors (Lipinski definition) is 1. The third-order valence-electron chi connectivity index (χ3n) is 3.59. The Morgan fingerprint density at radius 1 is 1.53 bits per heavy atom. The second-order valence-corrected chi connectivity index (χ2v) is 5.07. The normalized spacial score (nSPS) is 21.6. The Morgan fingerprint density at radius 2 is 2.26 bits per heavy atom. The van der Waals surface area contributed by atoms with Gasteiger partial charge in [0.05, 0.1) is 18.2 Å². The maximum Gasteiger partial charge on any atom is 0.179 e. The Hall–Kier alpha value is -1.33. The van der Waals surface area contributed by atoms with Crippen LogP contribution in [0.4, 0.5) is 8.78 Å². The quantitative estimate of drug-likeness (QED) is 0.848. The van der Waals surface area contributed by atoms with Crippen LogP contribution >= 0.6 is 0 Å². The van der Waals surface area contributed by atoms with Crippen LogP contribution in [0, 0.1) is 17.6 Å². The van der Waals surface area contributed by atoms with E-state index in [-0.39, 0.29) is 23.8 Å². The van der Waals surface area contributed by atoms with Crippen molar-refractivity contribution in [2.24, 2.45) is 5.92 Å². The minimum absolute atomic E-state index is 0.0816. The highest BCUT2D eigenvalue weighted by atomic mass is 19.1. The summed E-state index contributed by atoms with van der Waals surface area (Å²) in [5.41, 5.74) is -0.0816. The molecule has 2 atom stereocenters.